The molecule has 4 aromatic heterocycles. The molecule has 0 aliphatic carbocycles. The van der Waals surface area contributed by atoms with Crippen LogP contribution in [0.2, 0.25) is 0 Å². The van der Waals surface area contributed by atoms with Crippen LogP contribution in [0.4, 0.5) is 17.6 Å². The van der Waals surface area contributed by atoms with Gasteiger partial charge >= 0.3 is 0 Å². The Morgan fingerprint density at radius 3 is 2.45 bits per heavy atom. The zero-order chi connectivity index (χ0) is 19.8. The van der Waals surface area contributed by atoms with Crippen LogP contribution < -0.4 is 14.7 Å². The average molecular weight is 408 g/mol. The van der Waals surface area contributed by atoms with E-state index in [1.807, 2.05) is 59.4 Å². The van der Waals surface area contributed by atoms with Gasteiger partial charge in [-0.3, -0.25) is 0 Å². The Balaban J connectivity index is 1.35. The van der Waals surface area contributed by atoms with Gasteiger partial charge in [-0.25, -0.2) is 4.98 Å². The molecule has 148 valence electrons. The number of fused-ring (bicyclic) bond motifs is 1. The molecule has 0 amide bonds. The summed E-state index contributed by atoms with van der Waals surface area (Å²) in [6, 6.07) is 8.01. The summed E-state index contributed by atoms with van der Waals surface area (Å²) in [5, 5.41) is 17.5. The maximum Gasteiger partial charge on any atom is 0.226 e. The molecule has 4 aromatic rings. The summed E-state index contributed by atoms with van der Waals surface area (Å²) in [4.78, 5) is 15.5. The number of rotatable bonds is 4. The molecular formula is C19H21N9S. The zero-order valence-corrected chi connectivity index (χ0v) is 17.1. The zero-order valence-electron chi connectivity index (χ0n) is 16.3. The molecule has 0 aromatic carbocycles. The number of hydrogen-bond acceptors (Lipinski definition) is 9. The summed E-state index contributed by atoms with van der Waals surface area (Å²) >= 11 is 1.64. The van der Waals surface area contributed by atoms with E-state index in [0.717, 1.165) is 60.8 Å². The third-order valence-electron chi connectivity index (χ3n) is 4.98. The third kappa shape index (κ3) is 3.35. The van der Waals surface area contributed by atoms with Crippen molar-refractivity contribution in [1.82, 2.24) is 29.8 Å². The molecule has 0 radical (unpaired) electrons. The Kier molecular flexibility index (Phi) is 4.47. The quantitative estimate of drug-likeness (QED) is 0.509. The Hall–Kier alpha value is -3.27. The van der Waals surface area contributed by atoms with Crippen LogP contribution in [0.15, 0.2) is 41.2 Å². The Bertz CT molecular complexity index is 1110. The summed E-state index contributed by atoms with van der Waals surface area (Å²) in [7, 11) is 3.91. The van der Waals surface area contributed by atoms with E-state index in [0.29, 0.717) is 0 Å². The highest BCUT2D eigenvalue weighted by Gasteiger charge is 2.21. The van der Waals surface area contributed by atoms with Gasteiger partial charge < -0.3 is 14.7 Å². The molecule has 5 heterocycles. The normalized spacial score (nSPS) is 14.6. The van der Waals surface area contributed by atoms with E-state index in [2.05, 4.69) is 35.3 Å². The van der Waals surface area contributed by atoms with Gasteiger partial charge in [0, 0.05) is 57.4 Å². The number of piperazine rings is 1. The lowest BCUT2D eigenvalue weighted by atomic mass is 10.3. The van der Waals surface area contributed by atoms with Crippen LogP contribution in [-0.4, -0.2) is 70.1 Å². The number of thiophene rings is 1. The lowest BCUT2D eigenvalue weighted by molar-refractivity contribution is 0.635. The van der Waals surface area contributed by atoms with Gasteiger partial charge in [0.2, 0.25) is 5.95 Å². The molecule has 1 fully saturated rings. The molecule has 0 bridgehead atoms. The summed E-state index contributed by atoms with van der Waals surface area (Å²) in [6.07, 6.45) is 1.82. The minimum atomic E-state index is 0.727. The van der Waals surface area contributed by atoms with Gasteiger partial charge in [0.1, 0.15) is 11.6 Å². The van der Waals surface area contributed by atoms with Crippen LogP contribution >= 0.6 is 11.3 Å². The Labute approximate surface area is 172 Å². The molecule has 10 heteroatoms. The Morgan fingerprint density at radius 1 is 0.931 bits per heavy atom. The first-order valence-corrected chi connectivity index (χ1v) is 10.4. The Morgan fingerprint density at radius 2 is 1.72 bits per heavy atom. The summed E-state index contributed by atoms with van der Waals surface area (Å²) < 4.78 is 1.83. The smallest absolute Gasteiger partial charge is 0.226 e. The fraction of sp³-hybridized carbons (Fsp3) is 0.316. The third-order valence-corrected chi connectivity index (χ3v) is 5.67. The second kappa shape index (κ2) is 7.28. The van der Waals surface area contributed by atoms with Crippen molar-refractivity contribution in [3.63, 3.8) is 0 Å². The molecule has 9 nitrogen and oxygen atoms in total. The van der Waals surface area contributed by atoms with E-state index in [1.54, 1.807) is 11.3 Å². The van der Waals surface area contributed by atoms with Crippen molar-refractivity contribution in [3.05, 3.63) is 41.2 Å². The maximum atomic E-state index is 4.82. The van der Waals surface area contributed by atoms with Crippen molar-refractivity contribution in [1.29, 1.82) is 0 Å². The lowest BCUT2D eigenvalue weighted by Crippen LogP contribution is -2.47. The molecule has 0 N–H and O–H groups in total. The molecule has 1 aliphatic rings. The van der Waals surface area contributed by atoms with Gasteiger partial charge in [-0.2, -0.15) is 20.8 Å². The van der Waals surface area contributed by atoms with Gasteiger partial charge in [0.05, 0.1) is 0 Å². The number of nitrogens with zero attached hydrogens (tertiary/aromatic N) is 9. The summed E-state index contributed by atoms with van der Waals surface area (Å²) in [5.74, 6) is 3.40. The first kappa shape index (κ1) is 17.8. The van der Waals surface area contributed by atoms with Crippen molar-refractivity contribution in [2.75, 3.05) is 55.0 Å². The van der Waals surface area contributed by atoms with Crippen LogP contribution in [0.3, 0.4) is 0 Å². The van der Waals surface area contributed by atoms with Gasteiger partial charge in [-0.05, 0) is 29.6 Å². The predicted octanol–water partition coefficient (Wildman–Crippen LogP) is 2.04. The van der Waals surface area contributed by atoms with Crippen molar-refractivity contribution in [2.45, 2.75) is 0 Å². The molecule has 1 aliphatic heterocycles. The van der Waals surface area contributed by atoms with E-state index in [9.17, 15) is 0 Å². The van der Waals surface area contributed by atoms with Crippen molar-refractivity contribution < 1.29 is 0 Å². The van der Waals surface area contributed by atoms with E-state index in [-0.39, 0.29) is 0 Å². The largest absolute Gasteiger partial charge is 0.353 e. The van der Waals surface area contributed by atoms with Gasteiger partial charge in [-0.15, -0.1) is 15.3 Å². The second-order valence-corrected chi connectivity index (χ2v) is 7.86. The van der Waals surface area contributed by atoms with Crippen LogP contribution in [0, 0.1) is 0 Å². The first-order chi connectivity index (χ1) is 14.2. The van der Waals surface area contributed by atoms with Crippen LogP contribution in [0.5, 0.6) is 0 Å². The van der Waals surface area contributed by atoms with Crippen molar-refractivity contribution in [3.8, 4) is 11.4 Å². The lowest BCUT2D eigenvalue weighted by Gasteiger charge is -2.36. The maximum absolute atomic E-state index is 4.82. The van der Waals surface area contributed by atoms with E-state index >= 15 is 0 Å². The summed E-state index contributed by atoms with van der Waals surface area (Å²) in [6.45, 7) is 3.50. The minimum Gasteiger partial charge on any atom is -0.353 e. The second-order valence-electron chi connectivity index (χ2n) is 7.08. The van der Waals surface area contributed by atoms with E-state index in [4.69, 9.17) is 5.10 Å². The summed E-state index contributed by atoms with van der Waals surface area (Å²) in [5.41, 5.74) is 1.79. The predicted molar refractivity (Wildman–Crippen MR) is 115 cm³/mol. The fourth-order valence-electron chi connectivity index (χ4n) is 3.42. The minimum absolute atomic E-state index is 0.727. The van der Waals surface area contributed by atoms with Crippen molar-refractivity contribution >= 4 is 34.6 Å². The molecule has 29 heavy (non-hydrogen) atoms. The molecule has 1 saturated heterocycles. The standard InChI is InChI=1S/C19H21N9S/c1-25(2)19-20-7-5-15(21-19)26-8-10-27(11-9-26)17-4-3-16-22-23-18(28(16)24-17)14-6-12-29-13-14/h3-7,12-13H,8-11H2,1-2H3. The molecular weight excluding hydrogens is 386 g/mol. The SMILES string of the molecule is CN(C)c1nccc(N2CCN(c3ccc4nnc(-c5ccsc5)n4n3)CC2)n1. The van der Waals surface area contributed by atoms with Gasteiger partial charge in [0.15, 0.2) is 11.5 Å². The number of aromatic nitrogens is 6. The average Bonchev–Trinajstić information content (AvgIpc) is 3.43. The van der Waals surface area contributed by atoms with Crippen LogP contribution in [-0.2, 0) is 0 Å². The van der Waals surface area contributed by atoms with Crippen LogP contribution in [0.1, 0.15) is 0 Å². The number of hydrogen-bond donors (Lipinski definition) is 0. The van der Waals surface area contributed by atoms with Gasteiger partial charge in [-0.1, -0.05) is 0 Å². The van der Waals surface area contributed by atoms with Crippen molar-refractivity contribution in [2.24, 2.45) is 0 Å². The topological polar surface area (TPSA) is 78.6 Å². The highest BCUT2D eigenvalue weighted by atomic mass is 32.1. The molecule has 0 atom stereocenters. The highest BCUT2D eigenvalue weighted by molar-refractivity contribution is 7.08. The molecule has 0 spiro atoms. The van der Waals surface area contributed by atoms with Gasteiger partial charge in [0.25, 0.3) is 0 Å². The highest BCUT2D eigenvalue weighted by Crippen LogP contribution is 2.23. The van der Waals surface area contributed by atoms with Crippen LogP contribution in [0.25, 0.3) is 17.0 Å². The fourth-order valence-corrected chi connectivity index (χ4v) is 4.05. The molecule has 0 saturated carbocycles. The van der Waals surface area contributed by atoms with E-state index < -0.39 is 0 Å². The monoisotopic (exact) mass is 407 g/mol. The molecule has 5 rings (SSSR count). The van der Waals surface area contributed by atoms with E-state index in [1.165, 1.54) is 0 Å². The number of anilines is 3. The molecule has 0 unspecified atom stereocenters. The first-order valence-electron chi connectivity index (χ1n) is 9.44.